The molecule has 64 heavy (non-hydrogen) atoms. The minimum Gasteiger partial charge on any atom is -0.456 e. The Hall–Kier alpha value is -8.60. The lowest BCUT2D eigenvalue weighted by atomic mass is 9.96. The fraction of sp³-hybridized carbons (Fsp3) is 0. The molecule has 0 saturated heterocycles. The number of para-hydroxylation sites is 4. The quantitative estimate of drug-likeness (QED) is 0.162. The molecule has 0 amide bonds. The van der Waals surface area contributed by atoms with Crippen molar-refractivity contribution in [3.8, 4) is 11.4 Å². The van der Waals surface area contributed by atoms with E-state index in [-0.39, 0.29) is 0 Å². The first-order chi connectivity index (χ1) is 31.7. The summed E-state index contributed by atoms with van der Waals surface area (Å²) >= 11 is 0. The SMILES string of the molecule is c1ccc(-n2c3ccccc3c3cc(N(c4ccc5c(ccc6c7ccccc7ccc56)c4)c4cccc5c4c4ccccc4n5-c4ccc5c(c4)oc4ccccc45)ccc32)cc1. The standard InChI is InChI=1S/C60H37N3O/c1-2-14-40(15-3-1)62-53-20-9-6-17-48(53)52-36-42(29-34-55(52)62)61(41-27-32-45-39(35-41)26-31-46-44-16-5-4-13-38(44)25-30-47(45)46)56-22-12-23-57-60(56)51-19-7-10-21-54(51)63(57)43-28-33-50-49-18-8-11-24-58(49)64-59(50)37-43/h1-37H. The van der Waals surface area contributed by atoms with E-state index < -0.39 is 0 Å². The van der Waals surface area contributed by atoms with E-state index in [1.165, 1.54) is 64.9 Å². The average molecular weight is 816 g/mol. The first kappa shape index (κ1) is 35.0. The van der Waals surface area contributed by atoms with Crippen molar-refractivity contribution in [1.29, 1.82) is 0 Å². The molecule has 14 aromatic rings. The molecule has 14 rings (SSSR count). The Bertz CT molecular complexity index is 4210. The summed E-state index contributed by atoms with van der Waals surface area (Å²) in [6.45, 7) is 0. The number of nitrogens with zero attached hydrogens (tertiary/aromatic N) is 3. The van der Waals surface area contributed by atoms with E-state index in [2.05, 4.69) is 226 Å². The topological polar surface area (TPSA) is 26.2 Å². The molecular formula is C60H37N3O. The van der Waals surface area contributed by atoms with Crippen LogP contribution in [-0.2, 0) is 0 Å². The molecule has 3 aromatic heterocycles. The molecule has 0 spiro atoms. The highest BCUT2D eigenvalue weighted by Gasteiger charge is 2.23. The van der Waals surface area contributed by atoms with Crippen LogP contribution in [0.3, 0.4) is 0 Å². The van der Waals surface area contributed by atoms with Crippen molar-refractivity contribution >= 4 is 115 Å². The van der Waals surface area contributed by atoms with Gasteiger partial charge in [-0.15, -0.1) is 0 Å². The summed E-state index contributed by atoms with van der Waals surface area (Å²) in [4.78, 5) is 2.47. The fourth-order valence-corrected chi connectivity index (χ4v) is 10.7. The highest BCUT2D eigenvalue weighted by atomic mass is 16.3. The van der Waals surface area contributed by atoms with Crippen LogP contribution in [0.15, 0.2) is 229 Å². The van der Waals surface area contributed by atoms with E-state index in [4.69, 9.17) is 4.42 Å². The second kappa shape index (κ2) is 13.4. The first-order valence-corrected chi connectivity index (χ1v) is 21.9. The largest absolute Gasteiger partial charge is 0.456 e. The Balaban J connectivity index is 1.04. The molecule has 0 aliphatic heterocycles. The zero-order valence-corrected chi connectivity index (χ0v) is 34.6. The summed E-state index contributed by atoms with van der Waals surface area (Å²) in [6, 6.07) is 81.7. The third-order valence-corrected chi connectivity index (χ3v) is 13.4. The fourth-order valence-electron chi connectivity index (χ4n) is 10.7. The molecule has 4 nitrogen and oxygen atoms in total. The van der Waals surface area contributed by atoms with Gasteiger partial charge in [-0.2, -0.15) is 0 Å². The molecule has 298 valence electrons. The summed E-state index contributed by atoms with van der Waals surface area (Å²) in [5.41, 5.74) is 11.9. The van der Waals surface area contributed by atoms with Gasteiger partial charge in [0.15, 0.2) is 0 Å². The third kappa shape index (κ3) is 5.05. The highest BCUT2D eigenvalue weighted by molar-refractivity contribution is 6.20. The molecule has 3 heterocycles. The Labute approximate surface area is 367 Å². The molecule has 0 aliphatic carbocycles. The second-order valence-corrected chi connectivity index (χ2v) is 16.9. The van der Waals surface area contributed by atoms with Crippen molar-refractivity contribution in [2.75, 3.05) is 4.90 Å². The monoisotopic (exact) mass is 815 g/mol. The summed E-state index contributed by atoms with van der Waals surface area (Å²) in [5.74, 6) is 0. The van der Waals surface area contributed by atoms with Gasteiger partial charge in [0.1, 0.15) is 11.2 Å². The Morgan fingerprint density at radius 1 is 0.297 bits per heavy atom. The number of furan rings is 1. The summed E-state index contributed by atoms with van der Waals surface area (Å²) in [6.07, 6.45) is 0. The molecule has 0 unspecified atom stereocenters. The maximum absolute atomic E-state index is 6.45. The number of anilines is 3. The maximum Gasteiger partial charge on any atom is 0.137 e. The maximum atomic E-state index is 6.45. The van der Waals surface area contributed by atoms with Gasteiger partial charge in [-0.3, -0.25) is 0 Å². The van der Waals surface area contributed by atoms with E-state index in [0.29, 0.717) is 0 Å². The van der Waals surface area contributed by atoms with Crippen LogP contribution in [0.2, 0.25) is 0 Å². The van der Waals surface area contributed by atoms with E-state index in [1.54, 1.807) is 0 Å². The number of aromatic nitrogens is 2. The molecule has 0 saturated carbocycles. The minimum absolute atomic E-state index is 0.877. The molecule has 0 bridgehead atoms. The van der Waals surface area contributed by atoms with Crippen LogP contribution >= 0.6 is 0 Å². The van der Waals surface area contributed by atoms with Gasteiger partial charge in [0.05, 0.1) is 27.8 Å². The normalized spacial score (nSPS) is 12.1. The summed E-state index contributed by atoms with van der Waals surface area (Å²) in [7, 11) is 0. The Kier molecular flexibility index (Phi) is 7.36. The summed E-state index contributed by atoms with van der Waals surface area (Å²) < 4.78 is 11.2. The van der Waals surface area contributed by atoms with Crippen molar-refractivity contribution in [3.63, 3.8) is 0 Å². The van der Waals surface area contributed by atoms with E-state index in [1.807, 2.05) is 12.1 Å². The van der Waals surface area contributed by atoms with Crippen molar-refractivity contribution in [2.24, 2.45) is 0 Å². The Morgan fingerprint density at radius 3 is 1.73 bits per heavy atom. The average Bonchev–Trinajstić information content (AvgIpc) is 4.01. The smallest absolute Gasteiger partial charge is 0.137 e. The van der Waals surface area contributed by atoms with Crippen LogP contribution in [0.4, 0.5) is 17.1 Å². The number of benzene rings is 11. The van der Waals surface area contributed by atoms with E-state index >= 15 is 0 Å². The van der Waals surface area contributed by atoms with Crippen molar-refractivity contribution < 1.29 is 4.42 Å². The van der Waals surface area contributed by atoms with Crippen LogP contribution in [0, 0.1) is 0 Å². The van der Waals surface area contributed by atoms with Gasteiger partial charge >= 0.3 is 0 Å². The minimum atomic E-state index is 0.877. The van der Waals surface area contributed by atoms with Gasteiger partial charge in [0, 0.05) is 61.1 Å². The van der Waals surface area contributed by atoms with Gasteiger partial charge in [-0.25, -0.2) is 0 Å². The molecule has 4 heteroatoms. The van der Waals surface area contributed by atoms with Crippen LogP contribution in [0.5, 0.6) is 0 Å². The number of hydrogen-bond acceptors (Lipinski definition) is 2. The van der Waals surface area contributed by atoms with Gasteiger partial charge in [-0.05, 0) is 117 Å². The van der Waals surface area contributed by atoms with Crippen LogP contribution in [-0.4, -0.2) is 9.13 Å². The van der Waals surface area contributed by atoms with Crippen molar-refractivity contribution in [1.82, 2.24) is 9.13 Å². The molecule has 0 radical (unpaired) electrons. The lowest BCUT2D eigenvalue weighted by molar-refractivity contribution is 0.668. The molecule has 0 aliphatic rings. The molecule has 0 N–H and O–H groups in total. The van der Waals surface area contributed by atoms with Crippen LogP contribution < -0.4 is 4.90 Å². The number of rotatable bonds is 5. The first-order valence-electron chi connectivity index (χ1n) is 21.9. The number of hydrogen-bond donors (Lipinski definition) is 0. The van der Waals surface area contributed by atoms with E-state index in [0.717, 1.165) is 61.4 Å². The molecule has 0 fully saturated rings. The van der Waals surface area contributed by atoms with Crippen molar-refractivity contribution in [2.45, 2.75) is 0 Å². The predicted molar refractivity (Wildman–Crippen MR) is 270 cm³/mol. The third-order valence-electron chi connectivity index (χ3n) is 13.4. The van der Waals surface area contributed by atoms with Gasteiger partial charge in [-0.1, -0.05) is 133 Å². The lowest BCUT2D eigenvalue weighted by Gasteiger charge is -2.27. The molecule has 11 aromatic carbocycles. The Morgan fingerprint density at radius 2 is 0.875 bits per heavy atom. The van der Waals surface area contributed by atoms with Gasteiger partial charge in [0.25, 0.3) is 0 Å². The lowest BCUT2D eigenvalue weighted by Crippen LogP contribution is -2.10. The summed E-state index contributed by atoms with van der Waals surface area (Å²) in [5, 5.41) is 14.5. The van der Waals surface area contributed by atoms with Crippen molar-refractivity contribution in [3.05, 3.63) is 224 Å². The molecular weight excluding hydrogens is 779 g/mol. The van der Waals surface area contributed by atoms with Crippen LogP contribution in [0.1, 0.15) is 0 Å². The predicted octanol–water partition coefficient (Wildman–Crippen LogP) is 16.7. The molecule has 0 atom stereocenters. The van der Waals surface area contributed by atoms with Crippen LogP contribution in [0.25, 0.3) is 109 Å². The van der Waals surface area contributed by atoms with E-state index in [9.17, 15) is 0 Å². The number of fused-ring (bicyclic) bond motifs is 14. The highest BCUT2D eigenvalue weighted by Crippen LogP contribution is 2.47. The second-order valence-electron chi connectivity index (χ2n) is 16.9. The van der Waals surface area contributed by atoms with Gasteiger partial charge < -0.3 is 18.5 Å². The zero-order chi connectivity index (χ0) is 41.9. The zero-order valence-electron chi connectivity index (χ0n) is 34.6. The van der Waals surface area contributed by atoms with Gasteiger partial charge in [0.2, 0.25) is 0 Å².